The number of carbonyl (C=O) groups excluding carboxylic acids is 2. The molecule has 1 heterocycles. The molecule has 1 aromatic carbocycles. The Morgan fingerprint density at radius 2 is 2.11 bits per heavy atom. The molecule has 0 aliphatic carbocycles. The number of Topliss-reactive ketones (excluding diaryl/α,β-unsaturated/α-hetero) is 1. The normalized spacial score (nSPS) is 12.3. The zero-order chi connectivity index (χ0) is 13.1. The lowest BCUT2D eigenvalue weighted by atomic mass is 10.1. The molecular formula is C13H13NO3S. The van der Waals surface area contributed by atoms with Crippen LogP contribution >= 0.6 is 11.3 Å². The van der Waals surface area contributed by atoms with Crippen LogP contribution in [0.5, 0.6) is 0 Å². The van der Waals surface area contributed by atoms with E-state index in [0.717, 1.165) is 10.2 Å². The van der Waals surface area contributed by atoms with Crippen molar-refractivity contribution in [3.05, 3.63) is 29.3 Å². The molecule has 0 unspecified atom stereocenters. The average molecular weight is 263 g/mol. The Kier molecular flexibility index (Phi) is 3.72. The SMILES string of the molecule is CCOC(=O)[C@H](C(C)=O)c1nc2ccccc2s1. The number of ketones is 1. The number of carbonyl (C=O) groups is 2. The van der Waals surface area contributed by atoms with E-state index in [9.17, 15) is 9.59 Å². The van der Waals surface area contributed by atoms with Crippen LogP contribution in [-0.2, 0) is 14.3 Å². The van der Waals surface area contributed by atoms with Gasteiger partial charge in [-0.3, -0.25) is 9.59 Å². The number of esters is 1. The maximum atomic E-state index is 11.8. The van der Waals surface area contributed by atoms with Gasteiger partial charge in [0.05, 0.1) is 16.8 Å². The van der Waals surface area contributed by atoms with E-state index in [4.69, 9.17) is 4.74 Å². The van der Waals surface area contributed by atoms with Crippen molar-refractivity contribution >= 4 is 33.3 Å². The van der Waals surface area contributed by atoms with E-state index < -0.39 is 11.9 Å². The summed E-state index contributed by atoms with van der Waals surface area (Å²) in [7, 11) is 0. The number of hydrogen-bond acceptors (Lipinski definition) is 5. The molecule has 2 rings (SSSR count). The fourth-order valence-electron chi connectivity index (χ4n) is 1.68. The molecule has 4 nitrogen and oxygen atoms in total. The third-order valence-electron chi connectivity index (χ3n) is 2.49. The quantitative estimate of drug-likeness (QED) is 0.628. The second-order valence-corrected chi connectivity index (χ2v) is 4.88. The van der Waals surface area contributed by atoms with Gasteiger partial charge < -0.3 is 4.74 Å². The molecule has 0 saturated carbocycles. The minimum Gasteiger partial charge on any atom is -0.465 e. The fraction of sp³-hybridized carbons (Fsp3) is 0.308. The van der Waals surface area contributed by atoms with Crippen LogP contribution in [0, 0.1) is 0 Å². The number of fused-ring (bicyclic) bond motifs is 1. The van der Waals surface area contributed by atoms with Crippen LogP contribution < -0.4 is 0 Å². The van der Waals surface area contributed by atoms with Gasteiger partial charge in [-0.25, -0.2) is 4.98 Å². The molecule has 1 aromatic heterocycles. The van der Waals surface area contributed by atoms with E-state index >= 15 is 0 Å². The zero-order valence-corrected chi connectivity index (χ0v) is 11.0. The van der Waals surface area contributed by atoms with Crippen LogP contribution in [0.2, 0.25) is 0 Å². The summed E-state index contributed by atoms with van der Waals surface area (Å²) in [6.45, 7) is 3.36. The molecule has 18 heavy (non-hydrogen) atoms. The van der Waals surface area contributed by atoms with Crippen LogP contribution in [0.15, 0.2) is 24.3 Å². The molecule has 0 amide bonds. The van der Waals surface area contributed by atoms with Crippen molar-refractivity contribution in [1.82, 2.24) is 4.98 Å². The fourth-order valence-corrected chi connectivity index (χ4v) is 2.79. The summed E-state index contributed by atoms with van der Waals surface area (Å²) < 4.78 is 5.88. The maximum Gasteiger partial charge on any atom is 0.323 e. The number of ether oxygens (including phenoxy) is 1. The number of hydrogen-bond donors (Lipinski definition) is 0. The van der Waals surface area contributed by atoms with E-state index in [2.05, 4.69) is 4.98 Å². The van der Waals surface area contributed by atoms with Crippen molar-refractivity contribution in [2.45, 2.75) is 19.8 Å². The minimum atomic E-state index is -0.901. The van der Waals surface area contributed by atoms with Crippen LogP contribution in [0.25, 0.3) is 10.2 Å². The van der Waals surface area contributed by atoms with Crippen LogP contribution in [0.3, 0.4) is 0 Å². The van der Waals surface area contributed by atoms with Crippen molar-refractivity contribution in [3.63, 3.8) is 0 Å². The smallest absolute Gasteiger partial charge is 0.323 e. The van der Waals surface area contributed by atoms with Gasteiger partial charge in [-0.05, 0) is 26.0 Å². The van der Waals surface area contributed by atoms with E-state index in [0.29, 0.717) is 5.01 Å². The van der Waals surface area contributed by atoms with Gasteiger partial charge in [0.25, 0.3) is 0 Å². The van der Waals surface area contributed by atoms with Crippen molar-refractivity contribution < 1.29 is 14.3 Å². The summed E-state index contributed by atoms with van der Waals surface area (Å²) in [4.78, 5) is 27.7. The maximum absolute atomic E-state index is 11.8. The van der Waals surface area contributed by atoms with Crippen molar-refractivity contribution in [2.75, 3.05) is 6.61 Å². The monoisotopic (exact) mass is 263 g/mol. The van der Waals surface area contributed by atoms with Gasteiger partial charge in [0.2, 0.25) is 0 Å². The van der Waals surface area contributed by atoms with Gasteiger partial charge in [0.1, 0.15) is 5.01 Å². The second kappa shape index (κ2) is 5.27. The molecule has 0 aliphatic rings. The number of nitrogens with zero attached hydrogens (tertiary/aromatic N) is 1. The Morgan fingerprint density at radius 3 is 2.72 bits per heavy atom. The molecule has 0 spiro atoms. The van der Waals surface area contributed by atoms with Gasteiger partial charge in [-0.15, -0.1) is 11.3 Å². The van der Waals surface area contributed by atoms with E-state index in [1.165, 1.54) is 18.3 Å². The zero-order valence-electron chi connectivity index (χ0n) is 10.2. The van der Waals surface area contributed by atoms with Crippen molar-refractivity contribution in [3.8, 4) is 0 Å². The number of rotatable bonds is 4. The predicted molar refractivity (Wildman–Crippen MR) is 69.7 cm³/mol. The first-order valence-electron chi connectivity index (χ1n) is 5.66. The van der Waals surface area contributed by atoms with Crippen molar-refractivity contribution in [2.24, 2.45) is 0 Å². The first kappa shape index (κ1) is 12.7. The van der Waals surface area contributed by atoms with Gasteiger partial charge in [-0.1, -0.05) is 12.1 Å². The third-order valence-corrected chi connectivity index (χ3v) is 3.59. The molecule has 0 N–H and O–H groups in total. The molecule has 2 aromatic rings. The molecule has 0 bridgehead atoms. The molecule has 0 aliphatic heterocycles. The van der Waals surface area contributed by atoms with Gasteiger partial charge in [0.15, 0.2) is 11.7 Å². The van der Waals surface area contributed by atoms with E-state index in [1.807, 2.05) is 24.3 Å². The Bertz CT molecular complexity index is 558. The molecule has 94 valence electrons. The van der Waals surface area contributed by atoms with Crippen LogP contribution in [-0.4, -0.2) is 23.3 Å². The largest absolute Gasteiger partial charge is 0.465 e. The summed E-state index contributed by atoms with van der Waals surface area (Å²) in [5.74, 6) is -1.67. The Labute approximate surface area is 109 Å². The number of benzene rings is 1. The highest BCUT2D eigenvalue weighted by atomic mass is 32.1. The van der Waals surface area contributed by atoms with Gasteiger partial charge in [0, 0.05) is 0 Å². The van der Waals surface area contributed by atoms with Crippen LogP contribution in [0.1, 0.15) is 24.8 Å². The lowest BCUT2D eigenvalue weighted by molar-refractivity contribution is -0.147. The molecule has 0 radical (unpaired) electrons. The third kappa shape index (κ3) is 2.41. The Morgan fingerprint density at radius 1 is 1.39 bits per heavy atom. The topological polar surface area (TPSA) is 56.3 Å². The highest BCUT2D eigenvalue weighted by Gasteiger charge is 2.29. The lowest BCUT2D eigenvalue weighted by Gasteiger charge is -2.09. The predicted octanol–water partition coefficient (Wildman–Crippen LogP) is 2.53. The molecular weight excluding hydrogens is 250 g/mol. The lowest BCUT2D eigenvalue weighted by Crippen LogP contribution is -2.22. The highest BCUT2D eigenvalue weighted by Crippen LogP contribution is 2.28. The summed E-state index contributed by atoms with van der Waals surface area (Å²) in [5.41, 5.74) is 0.799. The summed E-state index contributed by atoms with van der Waals surface area (Å²) in [5, 5.41) is 0.502. The van der Waals surface area contributed by atoms with Crippen molar-refractivity contribution in [1.29, 1.82) is 0 Å². The first-order chi connectivity index (χ1) is 8.63. The minimum absolute atomic E-state index is 0.243. The Hall–Kier alpha value is -1.75. The molecule has 0 fully saturated rings. The van der Waals surface area contributed by atoms with E-state index in [1.54, 1.807) is 6.92 Å². The number of para-hydroxylation sites is 1. The molecule has 1 atom stereocenters. The Balaban J connectivity index is 2.42. The summed E-state index contributed by atoms with van der Waals surface area (Å²) >= 11 is 1.36. The highest BCUT2D eigenvalue weighted by molar-refractivity contribution is 7.18. The van der Waals surface area contributed by atoms with E-state index in [-0.39, 0.29) is 12.4 Å². The number of thiazole rings is 1. The first-order valence-corrected chi connectivity index (χ1v) is 6.47. The summed E-state index contributed by atoms with van der Waals surface area (Å²) in [6, 6.07) is 7.55. The van der Waals surface area contributed by atoms with Gasteiger partial charge >= 0.3 is 5.97 Å². The standard InChI is InChI=1S/C13H13NO3S/c1-3-17-13(16)11(8(2)15)12-14-9-6-4-5-7-10(9)18-12/h4-7,11H,3H2,1-2H3/t11-/m1/s1. The average Bonchev–Trinajstić information content (AvgIpc) is 2.71. The van der Waals surface area contributed by atoms with Crippen LogP contribution in [0.4, 0.5) is 0 Å². The molecule has 5 heteroatoms. The second-order valence-electron chi connectivity index (χ2n) is 3.82. The summed E-state index contributed by atoms with van der Waals surface area (Å²) in [6.07, 6.45) is 0. The number of aromatic nitrogens is 1. The molecule has 0 saturated heterocycles. The van der Waals surface area contributed by atoms with Gasteiger partial charge in [-0.2, -0.15) is 0 Å².